The lowest BCUT2D eigenvalue weighted by Crippen LogP contribution is -2.40. The van der Waals surface area contributed by atoms with Crippen molar-refractivity contribution >= 4 is 5.69 Å². The molecule has 2 N–H and O–H groups in total. The van der Waals surface area contributed by atoms with Gasteiger partial charge in [0.05, 0.1) is 13.2 Å². The number of hydrogen-bond acceptors (Lipinski definition) is 3. The molecule has 1 unspecified atom stereocenters. The summed E-state index contributed by atoms with van der Waals surface area (Å²) in [6.07, 6.45) is 3.66. The summed E-state index contributed by atoms with van der Waals surface area (Å²) in [5, 5.41) is 0. The molecule has 1 aliphatic heterocycles. The van der Waals surface area contributed by atoms with E-state index in [0.717, 1.165) is 38.4 Å². The second kappa shape index (κ2) is 4.67. The highest BCUT2D eigenvalue weighted by molar-refractivity contribution is 5.52. The Kier molecular flexibility index (Phi) is 3.04. The maximum absolute atomic E-state index is 6.09. The van der Waals surface area contributed by atoms with Gasteiger partial charge in [0.15, 0.2) is 0 Å². The van der Waals surface area contributed by atoms with Crippen LogP contribution in [0.2, 0.25) is 0 Å². The minimum atomic E-state index is 0.561. The first-order chi connectivity index (χ1) is 8.36. The van der Waals surface area contributed by atoms with Gasteiger partial charge in [-0.3, -0.25) is 4.90 Å². The number of benzene rings is 1. The first-order valence-corrected chi connectivity index (χ1v) is 6.55. The van der Waals surface area contributed by atoms with E-state index >= 15 is 0 Å². The van der Waals surface area contributed by atoms with Crippen molar-refractivity contribution in [2.75, 3.05) is 32.0 Å². The summed E-state index contributed by atoms with van der Waals surface area (Å²) in [5.41, 5.74) is 9.90. The molecule has 0 aromatic heterocycles. The van der Waals surface area contributed by atoms with E-state index in [2.05, 4.69) is 17.0 Å². The van der Waals surface area contributed by atoms with Gasteiger partial charge in [-0.15, -0.1) is 0 Å². The first kappa shape index (κ1) is 11.1. The Labute approximate surface area is 103 Å². The van der Waals surface area contributed by atoms with Crippen LogP contribution in [0.3, 0.4) is 0 Å². The van der Waals surface area contributed by atoms with Crippen LogP contribution < -0.4 is 5.73 Å². The van der Waals surface area contributed by atoms with Gasteiger partial charge in [-0.2, -0.15) is 0 Å². The molecule has 1 aromatic carbocycles. The predicted octanol–water partition coefficient (Wildman–Crippen LogP) is 1.98. The van der Waals surface area contributed by atoms with Crippen molar-refractivity contribution in [3.63, 3.8) is 0 Å². The van der Waals surface area contributed by atoms with Crippen LogP contribution >= 0.6 is 0 Å². The average Bonchev–Trinajstić information content (AvgIpc) is 2.40. The summed E-state index contributed by atoms with van der Waals surface area (Å²) in [5.74, 6) is 0. The zero-order chi connectivity index (χ0) is 11.7. The lowest BCUT2D eigenvalue weighted by molar-refractivity contribution is 0.0124. The van der Waals surface area contributed by atoms with Crippen LogP contribution in [0.1, 0.15) is 30.0 Å². The van der Waals surface area contributed by atoms with Crippen molar-refractivity contribution in [1.29, 1.82) is 0 Å². The lowest BCUT2D eigenvalue weighted by Gasteiger charge is -2.38. The molecule has 2 aliphatic rings. The molecule has 1 saturated heterocycles. The first-order valence-electron chi connectivity index (χ1n) is 6.55. The van der Waals surface area contributed by atoms with Crippen LogP contribution in [-0.2, 0) is 11.2 Å². The molecular weight excluding hydrogens is 212 g/mol. The fourth-order valence-corrected chi connectivity index (χ4v) is 3.12. The number of morpholine rings is 1. The van der Waals surface area contributed by atoms with Gasteiger partial charge in [-0.1, -0.05) is 12.1 Å². The summed E-state index contributed by atoms with van der Waals surface area (Å²) in [7, 11) is 0. The smallest absolute Gasteiger partial charge is 0.0594 e. The molecule has 3 heteroatoms. The molecule has 0 bridgehead atoms. The highest BCUT2D eigenvalue weighted by Crippen LogP contribution is 2.36. The third-order valence-corrected chi connectivity index (χ3v) is 4.00. The largest absolute Gasteiger partial charge is 0.398 e. The molecule has 1 atom stereocenters. The van der Waals surface area contributed by atoms with Crippen LogP contribution in [-0.4, -0.2) is 31.2 Å². The van der Waals surface area contributed by atoms with E-state index in [1.54, 1.807) is 0 Å². The van der Waals surface area contributed by atoms with Gasteiger partial charge >= 0.3 is 0 Å². The molecule has 17 heavy (non-hydrogen) atoms. The Bertz CT molecular complexity index is 399. The molecule has 1 aliphatic carbocycles. The van der Waals surface area contributed by atoms with Crippen molar-refractivity contribution in [2.45, 2.75) is 25.3 Å². The minimum absolute atomic E-state index is 0.561. The van der Waals surface area contributed by atoms with Gasteiger partial charge in [-0.25, -0.2) is 0 Å². The number of nitrogens with zero attached hydrogens (tertiary/aromatic N) is 1. The number of nitrogens with two attached hydrogens (primary N) is 1. The van der Waals surface area contributed by atoms with Crippen molar-refractivity contribution < 1.29 is 4.74 Å². The number of ether oxygens (including phenoxy) is 1. The van der Waals surface area contributed by atoms with E-state index in [4.69, 9.17) is 10.5 Å². The normalized spacial score (nSPS) is 25.5. The Morgan fingerprint density at radius 2 is 2.06 bits per heavy atom. The quantitative estimate of drug-likeness (QED) is 0.752. The highest BCUT2D eigenvalue weighted by atomic mass is 16.5. The van der Waals surface area contributed by atoms with Crippen LogP contribution in [0.4, 0.5) is 5.69 Å². The minimum Gasteiger partial charge on any atom is -0.398 e. The maximum atomic E-state index is 6.09. The van der Waals surface area contributed by atoms with Crippen LogP contribution in [0.15, 0.2) is 18.2 Å². The lowest BCUT2D eigenvalue weighted by atomic mass is 9.85. The molecular formula is C14H20N2O. The molecule has 92 valence electrons. The summed E-state index contributed by atoms with van der Waals surface area (Å²) < 4.78 is 5.44. The molecule has 3 rings (SSSR count). The predicted molar refractivity (Wildman–Crippen MR) is 68.9 cm³/mol. The molecule has 1 aromatic rings. The summed E-state index contributed by atoms with van der Waals surface area (Å²) >= 11 is 0. The van der Waals surface area contributed by atoms with Gasteiger partial charge < -0.3 is 10.5 Å². The zero-order valence-electron chi connectivity index (χ0n) is 10.2. The second-order valence-electron chi connectivity index (χ2n) is 4.97. The third kappa shape index (κ3) is 2.05. The van der Waals surface area contributed by atoms with Crippen molar-refractivity contribution in [3.8, 4) is 0 Å². The Morgan fingerprint density at radius 1 is 1.24 bits per heavy atom. The van der Waals surface area contributed by atoms with Crippen molar-refractivity contribution in [1.82, 2.24) is 4.90 Å². The summed E-state index contributed by atoms with van der Waals surface area (Å²) in [6, 6.07) is 6.93. The third-order valence-electron chi connectivity index (χ3n) is 4.00. The molecule has 1 fully saturated rings. The van der Waals surface area contributed by atoms with E-state index in [1.807, 2.05) is 6.07 Å². The van der Waals surface area contributed by atoms with E-state index in [1.165, 1.54) is 24.0 Å². The monoisotopic (exact) mass is 232 g/mol. The number of hydrogen-bond donors (Lipinski definition) is 1. The zero-order valence-corrected chi connectivity index (χ0v) is 10.2. The molecule has 0 saturated carbocycles. The van der Waals surface area contributed by atoms with E-state index in [0.29, 0.717) is 6.04 Å². The van der Waals surface area contributed by atoms with E-state index < -0.39 is 0 Å². The molecule has 1 heterocycles. The topological polar surface area (TPSA) is 38.5 Å². The number of rotatable bonds is 1. The van der Waals surface area contributed by atoms with Gasteiger partial charge in [0, 0.05) is 24.8 Å². The van der Waals surface area contributed by atoms with Crippen LogP contribution in [0.25, 0.3) is 0 Å². The van der Waals surface area contributed by atoms with Gasteiger partial charge in [0.2, 0.25) is 0 Å². The SMILES string of the molecule is Nc1cccc2c1CCCC2N1CCOCC1. The Balaban J connectivity index is 1.90. The van der Waals surface area contributed by atoms with Crippen LogP contribution in [0.5, 0.6) is 0 Å². The number of anilines is 1. The average molecular weight is 232 g/mol. The highest BCUT2D eigenvalue weighted by Gasteiger charge is 2.27. The number of nitrogen functional groups attached to an aromatic ring is 1. The summed E-state index contributed by atoms with van der Waals surface area (Å²) in [4.78, 5) is 2.56. The molecule has 0 spiro atoms. The molecule has 0 amide bonds. The Morgan fingerprint density at radius 3 is 2.88 bits per heavy atom. The number of fused-ring (bicyclic) bond motifs is 1. The van der Waals surface area contributed by atoms with Gasteiger partial charge in [-0.05, 0) is 36.5 Å². The second-order valence-corrected chi connectivity index (χ2v) is 4.97. The van der Waals surface area contributed by atoms with Crippen molar-refractivity contribution in [2.24, 2.45) is 0 Å². The Hall–Kier alpha value is -1.06. The van der Waals surface area contributed by atoms with E-state index in [-0.39, 0.29) is 0 Å². The van der Waals surface area contributed by atoms with Crippen molar-refractivity contribution in [3.05, 3.63) is 29.3 Å². The van der Waals surface area contributed by atoms with E-state index in [9.17, 15) is 0 Å². The van der Waals surface area contributed by atoms with Crippen LogP contribution in [0, 0.1) is 0 Å². The fourth-order valence-electron chi connectivity index (χ4n) is 3.12. The molecule has 0 radical (unpaired) electrons. The summed E-state index contributed by atoms with van der Waals surface area (Å²) in [6.45, 7) is 3.85. The van der Waals surface area contributed by atoms with Gasteiger partial charge in [0.25, 0.3) is 0 Å². The fraction of sp³-hybridized carbons (Fsp3) is 0.571. The standard InChI is InChI=1S/C14H20N2O/c15-13-5-1-4-12-11(13)3-2-6-14(12)16-7-9-17-10-8-16/h1,4-5,14H,2-3,6-10,15H2. The molecule has 3 nitrogen and oxygen atoms in total. The van der Waals surface area contributed by atoms with Gasteiger partial charge in [0.1, 0.15) is 0 Å². The maximum Gasteiger partial charge on any atom is 0.0594 e.